The van der Waals surface area contributed by atoms with Gasteiger partial charge in [0.25, 0.3) is 0 Å². The van der Waals surface area contributed by atoms with E-state index in [1.165, 1.54) is 0 Å². The molecular weight excluding hydrogens is 256 g/mol. The summed E-state index contributed by atoms with van der Waals surface area (Å²) in [5.74, 6) is 6.49. The standard InChI is InChI=1S/C15H20N2O3/c1-15(2,3)19-14(18)17-11-5-7-12(17)6-4-8-13-9-10-16-20-13/h9-10,12H,5-7,11H2,1-3H3/t12-/m1/s1. The first-order chi connectivity index (χ1) is 9.46. The van der Waals surface area contributed by atoms with Crippen LogP contribution in [0.1, 0.15) is 45.8 Å². The van der Waals surface area contributed by atoms with Crippen molar-refractivity contribution in [3.05, 3.63) is 18.0 Å². The van der Waals surface area contributed by atoms with Crippen LogP contribution in [0, 0.1) is 11.8 Å². The Morgan fingerprint density at radius 3 is 3.05 bits per heavy atom. The second-order valence-electron chi connectivity index (χ2n) is 5.85. The van der Waals surface area contributed by atoms with Crippen LogP contribution in [0.25, 0.3) is 0 Å². The van der Waals surface area contributed by atoms with Crippen LogP contribution in [0.4, 0.5) is 4.79 Å². The number of carbonyl (C=O) groups excluding carboxylic acids is 1. The highest BCUT2D eigenvalue weighted by Gasteiger charge is 2.31. The average Bonchev–Trinajstić information content (AvgIpc) is 2.97. The Balaban J connectivity index is 1.92. The minimum absolute atomic E-state index is 0.125. The van der Waals surface area contributed by atoms with Gasteiger partial charge in [0, 0.05) is 25.1 Å². The third kappa shape index (κ3) is 4.02. The summed E-state index contributed by atoms with van der Waals surface area (Å²) in [7, 11) is 0. The fourth-order valence-corrected chi connectivity index (χ4v) is 2.15. The quantitative estimate of drug-likeness (QED) is 0.740. The number of ether oxygens (including phenoxy) is 1. The number of hydrogen-bond donors (Lipinski definition) is 0. The van der Waals surface area contributed by atoms with E-state index < -0.39 is 5.60 Å². The third-order valence-electron chi connectivity index (χ3n) is 2.99. The summed E-state index contributed by atoms with van der Waals surface area (Å²) in [5.41, 5.74) is -0.463. The topological polar surface area (TPSA) is 55.6 Å². The lowest BCUT2D eigenvalue weighted by molar-refractivity contribution is 0.0230. The Morgan fingerprint density at radius 1 is 1.60 bits per heavy atom. The van der Waals surface area contributed by atoms with Crippen molar-refractivity contribution in [3.63, 3.8) is 0 Å². The molecule has 1 aliphatic heterocycles. The number of hydrogen-bond acceptors (Lipinski definition) is 4. The Labute approximate surface area is 119 Å². The molecule has 1 amide bonds. The molecule has 1 aliphatic rings. The number of amides is 1. The molecule has 0 spiro atoms. The normalized spacial score (nSPS) is 18.6. The van der Waals surface area contributed by atoms with Gasteiger partial charge in [-0.1, -0.05) is 11.1 Å². The maximum absolute atomic E-state index is 12.1. The molecule has 2 heterocycles. The predicted molar refractivity (Wildman–Crippen MR) is 74.0 cm³/mol. The summed E-state index contributed by atoms with van der Waals surface area (Å²) >= 11 is 0. The molecule has 1 aromatic heterocycles. The number of aromatic nitrogens is 1. The lowest BCUT2D eigenvalue weighted by Gasteiger charge is -2.27. The van der Waals surface area contributed by atoms with Gasteiger partial charge < -0.3 is 14.2 Å². The summed E-state index contributed by atoms with van der Waals surface area (Å²) < 4.78 is 10.3. The lowest BCUT2D eigenvalue weighted by atomic mass is 10.1. The Hall–Kier alpha value is -1.96. The average molecular weight is 276 g/mol. The molecule has 0 bridgehead atoms. The Morgan fingerprint density at radius 2 is 2.40 bits per heavy atom. The fourth-order valence-electron chi connectivity index (χ4n) is 2.15. The lowest BCUT2D eigenvalue weighted by Crippen LogP contribution is -2.39. The molecule has 0 saturated carbocycles. The van der Waals surface area contributed by atoms with E-state index in [2.05, 4.69) is 17.0 Å². The third-order valence-corrected chi connectivity index (χ3v) is 2.99. The van der Waals surface area contributed by atoms with Crippen molar-refractivity contribution >= 4 is 6.09 Å². The van der Waals surface area contributed by atoms with Crippen LogP contribution in [0.2, 0.25) is 0 Å². The zero-order chi connectivity index (χ0) is 14.6. The molecule has 20 heavy (non-hydrogen) atoms. The summed E-state index contributed by atoms with van der Waals surface area (Å²) in [5, 5.41) is 3.59. The van der Waals surface area contributed by atoms with Crippen LogP contribution in [0.15, 0.2) is 16.8 Å². The second kappa shape index (κ2) is 6.00. The minimum atomic E-state index is -0.463. The van der Waals surface area contributed by atoms with Crippen LogP contribution < -0.4 is 0 Å². The molecular formula is C15H20N2O3. The number of likely N-dealkylation sites (tertiary alicyclic amines) is 1. The largest absolute Gasteiger partial charge is 0.444 e. The van der Waals surface area contributed by atoms with Gasteiger partial charge in [0.05, 0.1) is 6.20 Å². The first-order valence-electron chi connectivity index (χ1n) is 6.85. The molecule has 108 valence electrons. The SMILES string of the molecule is CC(C)(C)OC(=O)N1CCC[C@H]1CC#Cc1ccno1. The van der Waals surface area contributed by atoms with E-state index in [1.54, 1.807) is 17.2 Å². The maximum atomic E-state index is 12.1. The Bertz CT molecular complexity index is 505. The highest BCUT2D eigenvalue weighted by molar-refractivity contribution is 5.69. The predicted octanol–water partition coefficient (Wildman–Crippen LogP) is 2.82. The van der Waals surface area contributed by atoms with Gasteiger partial charge in [0.15, 0.2) is 0 Å². The summed E-state index contributed by atoms with van der Waals surface area (Å²) in [4.78, 5) is 13.9. The van der Waals surface area contributed by atoms with Gasteiger partial charge >= 0.3 is 6.09 Å². The van der Waals surface area contributed by atoms with Gasteiger partial charge in [-0.3, -0.25) is 0 Å². The number of nitrogens with zero attached hydrogens (tertiary/aromatic N) is 2. The molecule has 1 saturated heterocycles. The van der Waals surface area contributed by atoms with Crippen molar-refractivity contribution in [1.29, 1.82) is 0 Å². The van der Waals surface area contributed by atoms with Crippen LogP contribution in [0.3, 0.4) is 0 Å². The van der Waals surface area contributed by atoms with Crippen molar-refractivity contribution in [2.75, 3.05) is 6.54 Å². The van der Waals surface area contributed by atoms with E-state index in [4.69, 9.17) is 9.26 Å². The minimum Gasteiger partial charge on any atom is -0.444 e. The first-order valence-corrected chi connectivity index (χ1v) is 6.85. The first kappa shape index (κ1) is 14.4. The highest BCUT2D eigenvalue weighted by Crippen LogP contribution is 2.22. The maximum Gasteiger partial charge on any atom is 0.410 e. The molecule has 1 aromatic rings. The molecule has 0 aliphatic carbocycles. The monoisotopic (exact) mass is 276 g/mol. The van der Waals surface area contributed by atoms with Crippen molar-refractivity contribution in [1.82, 2.24) is 10.1 Å². The summed E-state index contributed by atoms with van der Waals surface area (Å²) in [6.45, 7) is 6.36. The summed E-state index contributed by atoms with van der Waals surface area (Å²) in [6, 6.07) is 1.84. The number of carbonyl (C=O) groups is 1. The van der Waals surface area contributed by atoms with Crippen molar-refractivity contribution < 1.29 is 14.1 Å². The van der Waals surface area contributed by atoms with E-state index >= 15 is 0 Å². The van der Waals surface area contributed by atoms with Crippen LogP contribution in [-0.2, 0) is 4.74 Å². The van der Waals surface area contributed by atoms with E-state index in [1.807, 2.05) is 20.8 Å². The van der Waals surface area contributed by atoms with E-state index in [-0.39, 0.29) is 12.1 Å². The smallest absolute Gasteiger partial charge is 0.410 e. The van der Waals surface area contributed by atoms with Gasteiger partial charge in [-0.25, -0.2) is 4.79 Å². The van der Waals surface area contributed by atoms with Gasteiger partial charge in [-0.05, 0) is 39.5 Å². The molecule has 5 heteroatoms. The Kier molecular flexibility index (Phi) is 4.33. The van der Waals surface area contributed by atoms with Gasteiger partial charge in [0.2, 0.25) is 5.76 Å². The van der Waals surface area contributed by atoms with Gasteiger partial charge in [-0.2, -0.15) is 0 Å². The van der Waals surface area contributed by atoms with Crippen molar-refractivity contribution in [3.8, 4) is 11.8 Å². The molecule has 0 N–H and O–H groups in total. The molecule has 0 aromatic carbocycles. The van der Waals surface area contributed by atoms with Crippen molar-refractivity contribution in [2.45, 2.75) is 51.7 Å². The molecule has 5 nitrogen and oxygen atoms in total. The van der Waals surface area contributed by atoms with E-state index in [0.717, 1.165) is 19.4 Å². The fraction of sp³-hybridized carbons (Fsp3) is 0.600. The number of rotatable bonds is 1. The van der Waals surface area contributed by atoms with Crippen LogP contribution in [0.5, 0.6) is 0 Å². The van der Waals surface area contributed by atoms with E-state index in [0.29, 0.717) is 12.2 Å². The van der Waals surface area contributed by atoms with Crippen molar-refractivity contribution in [2.24, 2.45) is 0 Å². The zero-order valence-corrected chi connectivity index (χ0v) is 12.2. The molecule has 1 fully saturated rings. The van der Waals surface area contributed by atoms with Gasteiger partial charge in [-0.15, -0.1) is 0 Å². The zero-order valence-electron chi connectivity index (χ0n) is 12.2. The van der Waals surface area contributed by atoms with E-state index in [9.17, 15) is 4.79 Å². The molecule has 1 atom stereocenters. The molecule has 0 radical (unpaired) electrons. The van der Waals surface area contributed by atoms with Crippen LogP contribution >= 0.6 is 0 Å². The van der Waals surface area contributed by atoms with Gasteiger partial charge in [0.1, 0.15) is 5.60 Å². The molecule has 0 unspecified atom stereocenters. The second-order valence-corrected chi connectivity index (χ2v) is 5.85. The molecule has 2 rings (SSSR count). The summed E-state index contributed by atoms with van der Waals surface area (Å²) in [6.07, 6.45) is 3.89. The van der Waals surface area contributed by atoms with Crippen LogP contribution in [-0.4, -0.2) is 34.3 Å². The highest BCUT2D eigenvalue weighted by atomic mass is 16.6.